The van der Waals surface area contributed by atoms with Crippen molar-refractivity contribution in [2.45, 2.75) is 19.3 Å². The Morgan fingerprint density at radius 1 is 1.40 bits per heavy atom. The number of benzene rings is 1. The van der Waals surface area contributed by atoms with Gasteiger partial charge >= 0.3 is 0 Å². The molecular formula is C14H15BrClN3O. The third-order valence-electron chi connectivity index (χ3n) is 3.45. The van der Waals surface area contributed by atoms with E-state index in [0.717, 1.165) is 35.4 Å². The molecule has 1 aromatic carbocycles. The van der Waals surface area contributed by atoms with Crippen molar-refractivity contribution < 1.29 is 4.52 Å². The molecule has 4 nitrogen and oxygen atoms in total. The summed E-state index contributed by atoms with van der Waals surface area (Å²) in [5, 5.41) is 8.12. The summed E-state index contributed by atoms with van der Waals surface area (Å²) >= 11 is 9.45. The topological polar surface area (TPSA) is 51.0 Å². The lowest BCUT2D eigenvalue weighted by Crippen LogP contribution is -2.31. The molecule has 1 aliphatic heterocycles. The summed E-state index contributed by atoms with van der Waals surface area (Å²) in [6, 6.07) is 5.58. The molecular weight excluding hydrogens is 342 g/mol. The van der Waals surface area contributed by atoms with Crippen LogP contribution in [0.2, 0.25) is 5.02 Å². The van der Waals surface area contributed by atoms with Gasteiger partial charge in [-0.3, -0.25) is 0 Å². The molecule has 1 aliphatic rings. The standard InChI is InChI=1S/C14H15BrClN3O/c15-11-5-10(6-12(16)7-11)14-18-13(19-20-14)4-9-2-1-3-17-8-9/h5-7,9,17H,1-4,8H2. The predicted molar refractivity (Wildman–Crippen MR) is 81.7 cm³/mol. The van der Waals surface area contributed by atoms with Gasteiger partial charge in [0.25, 0.3) is 5.89 Å². The molecule has 0 spiro atoms. The highest BCUT2D eigenvalue weighted by Gasteiger charge is 2.17. The second-order valence-corrected chi connectivity index (χ2v) is 6.44. The van der Waals surface area contributed by atoms with E-state index in [1.807, 2.05) is 18.2 Å². The lowest BCUT2D eigenvalue weighted by atomic mass is 9.96. The van der Waals surface area contributed by atoms with Gasteiger partial charge in [-0.1, -0.05) is 32.7 Å². The van der Waals surface area contributed by atoms with Gasteiger partial charge in [0.1, 0.15) is 0 Å². The summed E-state index contributed by atoms with van der Waals surface area (Å²) in [6.45, 7) is 2.15. The van der Waals surface area contributed by atoms with Gasteiger partial charge in [-0.05, 0) is 50.0 Å². The molecule has 1 aromatic heterocycles. The molecule has 1 unspecified atom stereocenters. The van der Waals surface area contributed by atoms with Crippen molar-refractivity contribution in [2.24, 2.45) is 5.92 Å². The maximum atomic E-state index is 6.03. The van der Waals surface area contributed by atoms with Gasteiger partial charge < -0.3 is 9.84 Å². The molecule has 20 heavy (non-hydrogen) atoms. The summed E-state index contributed by atoms with van der Waals surface area (Å²) in [5.41, 5.74) is 0.838. The van der Waals surface area contributed by atoms with Crippen LogP contribution in [0.4, 0.5) is 0 Å². The summed E-state index contributed by atoms with van der Waals surface area (Å²) < 4.78 is 6.24. The van der Waals surface area contributed by atoms with E-state index in [2.05, 4.69) is 31.4 Å². The molecule has 0 aliphatic carbocycles. The van der Waals surface area contributed by atoms with Crippen molar-refractivity contribution in [1.82, 2.24) is 15.5 Å². The van der Waals surface area contributed by atoms with E-state index in [-0.39, 0.29) is 0 Å². The smallest absolute Gasteiger partial charge is 0.258 e. The fourth-order valence-electron chi connectivity index (χ4n) is 2.49. The lowest BCUT2D eigenvalue weighted by molar-refractivity contribution is 0.360. The Hall–Kier alpha value is -0.910. The van der Waals surface area contributed by atoms with Crippen molar-refractivity contribution in [3.05, 3.63) is 33.5 Å². The Balaban J connectivity index is 1.75. The van der Waals surface area contributed by atoms with Gasteiger partial charge in [-0.25, -0.2) is 0 Å². The molecule has 2 heterocycles. The molecule has 1 N–H and O–H groups in total. The molecule has 1 fully saturated rings. The Morgan fingerprint density at radius 3 is 3.05 bits per heavy atom. The van der Waals surface area contributed by atoms with Crippen LogP contribution in [0.5, 0.6) is 0 Å². The zero-order valence-electron chi connectivity index (χ0n) is 10.9. The van der Waals surface area contributed by atoms with Gasteiger partial charge in [-0.15, -0.1) is 0 Å². The van der Waals surface area contributed by atoms with E-state index >= 15 is 0 Å². The Morgan fingerprint density at radius 2 is 2.30 bits per heavy atom. The number of halogens is 2. The first-order chi connectivity index (χ1) is 9.70. The molecule has 1 saturated heterocycles. The van der Waals surface area contributed by atoms with E-state index in [1.165, 1.54) is 12.8 Å². The number of hydrogen-bond acceptors (Lipinski definition) is 4. The van der Waals surface area contributed by atoms with Gasteiger partial charge in [-0.2, -0.15) is 4.98 Å². The van der Waals surface area contributed by atoms with E-state index in [4.69, 9.17) is 16.1 Å². The second kappa shape index (κ2) is 6.24. The van der Waals surface area contributed by atoms with Gasteiger partial charge in [0.15, 0.2) is 5.82 Å². The predicted octanol–water partition coefficient (Wildman–Crippen LogP) is 3.69. The highest BCUT2D eigenvalue weighted by Crippen LogP contribution is 2.26. The molecule has 0 radical (unpaired) electrons. The molecule has 3 rings (SSSR count). The highest BCUT2D eigenvalue weighted by molar-refractivity contribution is 9.10. The summed E-state index contributed by atoms with van der Waals surface area (Å²) in [4.78, 5) is 4.47. The largest absolute Gasteiger partial charge is 0.334 e. The minimum Gasteiger partial charge on any atom is -0.334 e. The molecule has 2 aromatic rings. The van der Waals surface area contributed by atoms with E-state index in [9.17, 15) is 0 Å². The third kappa shape index (κ3) is 3.40. The van der Waals surface area contributed by atoms with E-state index in [1.54, 1.807) is 0 Å². The first-order valence-corrected chi connectivity index (χ1v) is 7.87. The molecule has 6 heteroatoms. The Kier molecular flexibility index (Phi) is 4.38. The molecule has 0 amide bonds. The van der Waals surface area contributed by atoms with Crippen LogP contribution in [0.3, 0.4) is 0 Å². The first-order valence-electron chi connectivity index (χ1n) is 6.70. The van der Waals surface area contributed by atoms with Gasteiger partial charge in [0.05, 0.1) is 0 Å². The zero-order valence-corrected chi connectivity index (χ0v) is 13.2. The Bertz CT molecular complexity index is 576. The number of nitrogens with one attached hydrogen (secondary N) is 1. The number of piperidine rings is 1. The fraction of sp³-hybridized carbons (Fsp3) is 0.429. The number of rotatable bonds is 3. The quantitative estimate of drug-likeness (QED) is 0.911. The molecule has 1 atom stereocenters. The normalized spacial score (nSPS) is 19.2. The van der Waals surface area contributed by atoms with Gasteiger partial charge in [0.2, 0.25) is 0 Å². The number of aromatic nitrogens is 2. The maximum Gasteiger partial charge on any atom is 0.258 e. The van der Waals surface area contributed by atoms with Crippen LogP contribution in [0, 0.1) is 5.92 Å². The minimum absolute atomic E-state index is 0.520. The molecule has 106 valence electrons. The first kappa shape index (κ1) is 14.0. The van der Waals surface area contributed by atoms with Crippen LogP contribution in [-0.2, 0) is 6.42 Å². The van der Waals surface area contributed by atoms with Crippen LogP contribution in [0.15, 0.2) is 27.2 Å². The third-order valence-corrected chi connectivity index (χ3v) is 4.12. The summed E-state index contributed by atoms with van der Waals surface area (Å²) in [6.07, 6.45) is 3.30. The maximum absolute atomic E-state index is 6.03. The van der Waals surface area contributed by atoms with Crippen molar-refractivity contribution in [2.75, 3.05) is 13.1 Å². The fourth-order valence-corrected chi connectivity index (χ4v) is 3.35. The van der Waals surface area contributed by atoms with Crippen LogP contribution >= 0.6 is 27.5 Å². The minimum atomic E-state index is 0.520. The van der Waals surface area contributed by atoms with Crippen molar-refractivity contribution in [1.29, 1.82) is 0 Å². The molecule has 0 saturated carbocycles. The second-order valence-electron chi connectivity index (χ2n) is 5.09. The van der Waals surface area contributed by atoms with Crippen LogP contribution in [0.25, 0.3) is 11.5 Å². The summed E-state index contributed by atoms with van der Waals surface area (Å²) in [7, 11) is 0. The monoisotopic (exact) mass is 355 g/mol. The van der Waals surface area contributed by atoms with Crippen molar-refractivity contribution in [3.63, 3.8) is 0 Å². The van der Waals surface area contributed by atoms with Crippen molar-refractivity contribution in [3.8, 4) is 11.5 Å². The van der Waals surface area contributed by atoms with Crippen LogP contribution in [-0.4, -0.2) is 23.2 Å². The Labute approximate surface area is 131 Å². The SMILES string of the molecule is Clc1cc(Br)cc(-c2nc(CC3CCCNC3)no2)c1. The number of hydrogen-bond donors (Lipinski definition) is 1. The zero-order chi connectivity index (χ0) is 13.9. The number of nitrogens with zero attached hydrogens (tertiary/aromatic N) is 2. The lowest BCUT2D eigenvalue weighted by Gasteiger charge is -2.20. The summed E-state index contributed by atoms with van der Waals surface area (Å²) in [5.74, 6) is 1.89. The van der Waals surface area contributed by atoms with Crippen LogP contribution in [0.1, 0.15) is 18.7 Å². The average molecular weight is 357 g/mol. The van der Waals surface area contributed by atoms with E-state index < -0.39 is 0 Å². The van der Waals surface area contributed by atoms with Gasteiger partial charge in [0, 0.05) is 21.5 Å². The highest BCUT2D eigenvalue weighted by atomic mass is 79.9. The molecule has 0 bridgehead atoms. The van der Waals surface area contributed by atoms with Crippen LogP contribution < -0.4 is 5.32 Å². The average Bonchev–Trinajstić information content (AvgIpc) is 2.87. The van der Waals surface area contributed by atoms with Crippen molar-refractivity contribution >= 4 is 27.5 Å². The van der Waals surface area contributed by atoms with E-state index in [0.29, 0.717) is 16.8 Å².